The smallest absolute Gasteiger partial charge is 0.255 e. The molecule has 4 bridgehead atoms. The lowest BCUT2D eigenvalue weighted by atomic mass is 9.53. The van der Waals surface area contributed by atoms with Crippen LogP contribution in [0.1, 0.15) is 55.3 Å². The summed E-state index contributed by atoms with van der Waals surface area (Å²) >= 11 is 1.65. The molecule has 2 aromatic carbocycles. The topological polar surface area (TPSA) is 70.2 Å². The number of fused-ring (bicyclic) bond motifs is 1. The minimum atomic E-state index is -0.156. The SMILES string of the molecule is O=C1CCSc2ccc(C(=O)Nc3ccccc3NC34CC5CC(CC(C5)C3)C4)cc2N1. The Morgan fingerprint density at radius 2 is 1.66 bits per heavy atom. The van der Waals surface area contributed by atoms with E-state index in [0.717, 1.165) is 45.5 Å². The van der Waals surface area contributed by atoms with E-state index in [4.69, 9.17) is 0 Å². The Labute approximate surface area is 193 Å². The highest BCUT2D eigenvalue weighted by atomic mass is 32.2. The molecule has 0 atom stereocenters. The summed E-state index contributed by atoms with van der Waals surface area (Å²) in [6.07, 6.45) is 8.48. The number of rotatable bonds is 4. The number of benzene rings is 2. The third-order valence-corrected chi connectivity index (χ3v) is 8.79. The van der Waals surface area contributed by atoms with E-state index in [1.807, 2.05) is 30.3 Å². The number of hydrogen-bond acceptors (Lipinski definition) is 4. The van der Waals surface area contributed by atoms with Crippen LogP contribution in [0.5, 0.6) is 0 Å². The average molecular weight is 448 g/mol. The second-order valence-electron chi connectivity index (χ2n) is 10.2. The standard InChI is InChI=1S/C26H29N3O2S/c30-24-7-8-32-23-6-5-19(12-22(23)27-24)25(31)28-20-3-1-2-4-21(20)29-26-13-16-9-17(14-26)11-18(10-16)15-26/h1-6,12,16-18,29H,7-11,13-15H2,(H,27,30)(H,28,31). The van der Waals surface area contributed by atoms with Crippen LogP contribution in [0.25, 0.3) is 0 Å². The van der Waals surface area contributed by atoms with Gasteiger partial charge in [-0.3, -0.25) is 9.59 Å². The van der Waals surface area contributed by atoms with Crippen molar-refractivity contribution in [3.05, 3.63) is 48.0 Å². The molecule has 0 aromatic heterocycles. The van der Waals surface area contributed by atoms with Crippen molar-refractivity contribution >= 4 is 40.6 Å². The Bertz CT molecular complexity index is 1050. The van der Waals surface area contributed by atoms with Crippen LogP contribution in [0.4, 0.5) is 17.1 Å². The molecule has 166 valence electrons. The minimum absolute atomic E-state index is 0.000994. The van der Waals surface area contributed by atoms with Gasteiger partial charge < -0.3 is 16.0 Å². The summed E-state index contributed by atoms with van der Waals surface area (Å²) in [4.78, 5) is 26.1. The molecule has 32 heavy (non-hydrogen) atoms. The summed E-state index contributed by atoms with van der Waals surface area (Å²) in [5, 5.41) is 9.95. The molecule has 4 aliphatic carbocycles. The second-order valence-corrected chi connectivity index (χ2v) is 11.3. The summed E-state index contributed by atoms with van der Waals surface area (Å²) < 4.78 is 0. The molecule has 0 spiro atoms. The van der Waals surface area contributed by atoms with Gasteiger partial charge in [-0.2, -0.15) is 0 Å². The molecule has 3 N–H and O–H groups in total. The fraction of sp³-hybridized carbons (Fsp3) is 0.462. The largest absolute Gasteiger partial charge is 0.378 e. The normalized spacial score (nSPS) is 30.2. The van der Waals surface area contributed by atoms with E-state index in [9.17, 15) is 9.59 Å². The number of amides is 2. The maximum absolute atomic E-state index is 13.1. The van der Waals surface area contributed by atoms with E-state index in [-0.39, 0.29) is 17.4 Å². The zero-order chi connectivity index (χ0) is 21.7. The molecule has 5 aliphatic rings. The third kappa shape index (κ3) is 3.79. The summed E-state index contributed by atoms with van der Waals surface area (Å²) in [6, 6.07) is 13.6. The molecule has 2 amide bonds. The zero-order valence-electron chi connectivity index (χ0n) is 18.2. The van der Waals surface area contributed by atoms with Gasteiger partial charge in [-0.15, -0.1) is 11.8 Å². The molecule has 0 unspecified atom stereocenters. The van der Waals surface area contributed by atoms with Gasteiger partial charge in [0.2, 0.25) is 5.91 Å². The highest BCUT2D eigenvalue weighted by molar-refractivity contribution is 7.99. The Balaban J connectivity index is 1.22. The first-order valence-electron chi connectivity index (χ1n) is 11.8. The molecular formula is C26H29N3O2S. The lowest BCUT2D eigenvalue weighted by molar-refractivity contribution is -0.115. The maximum Gasteiger partial charge on any atom is 0.255 e. The van der Waals surface area contributed by atoms with Gasteiger partial charge in [0.15, 0.2) is 0 Å². The monoisotopic (exact) mass is 447 g/mol. The van der Waals surface area contributed by atoms with Gasteiger partial charge >= 0.3 is 0 Å². The first-order valence-corrected chi connectivity index (χ1v) is 12.8. The fourth-order valence-corrected chi connectivity index (χ4v) is 7.74. The van der Waals surface area contributed by atoms with E-state index in [1.165, 1.54) is 38.5 Å². The molecule has 4 saturated carbocycles. The van der Waals surface area contributed by atoms with Crippen LogP contribution >= 0.6 is 11.8 Å². The predicted molar refractivity (Wildman–Crippen MR) is 129 cm³/mol. The van der Waals surface area contributed by atoms with Gasteiger partial charge in [-0.25, -0.2) is 0 Å². The highest BCUT2D eigenvalue weighted by Crippen LogP contribution is 2.56. The zero-order valence-corrected chi connectivity index (χ0v) is 19.0. The van der Waals surface area contributed by atoms with Crippen molar-refractivity contribution in [2.75, 3.05) is 21.7 Å². The summed E-state index contributed by atoms with van der Waals surface area (Å²) in [5.41, 5.74) is 3.30. The van der Waals surface area contributed by atoms with Gasteiger partial charge in [-0.05, 0) is 86.6 Å². The minimum Gasteiger partial charge on any atom is -0.378 e. The summed E-state index contributed by atoms with van der Waals surface area (Å²) in [5.74, 6) is 3.19. The number of hydrogen-bond donors (Lipinski definition) is 3. The molecule has 2 aromatic rings. The van der Waals surface area contributed by atoms with E-state index in [1.54, 1.807) is 17.8 Å². The molecule has 0 saturated heterocycles. The first-order chi connectivity index (χ1) is 15.6. The number of anilines is 3. The Morgan fingerprint density at radius 3 is 2.38 bits per heavy atom. The Morgan fingerprint density at radius 1 is 0.969 bits per heavy atom. The number of nitrogens with one attached hydrogen (secondary N) is 3. The second kappa shape index (κ2) is 7.84. The molecule has 1 heterocycles. The van der Waals surface area contributed by atoms with Crippen LogP contribution in [0, 0.1) is 17.8 Å². The predicted octanol–water partition coefficient (Wildman–Crippen LogP) is 5.75. The van der Waals surface area contributed by atoms with Crippen molar-refractivity contribution in [1.29, 1.82) is 0 Å². The molecule has 7 rings (SSSR count). The van der Waals surface area contributed by atoms with Crippen LogP contribution < -0.4 is 16.0 Å². The Hall–Kier alpha value is -2.47. The van der Waals surface area contributed by atoms with Crippen LogP contribution in [0.3, 0.4) is 0 Å². The molecule has 5 nitrogen and oxygen atoms in total. The van der Waals surface area contributed by atoms with Crippen LogP contribution in [-0.2, 0) is 4.79 Å². The molecule has 1 aliphatic heterocycles. The van der Waals surface area contributed by atoms with Crippen molar-refractivity contribution in [1.82, 2.24) is 0 Å². The van der Waals surface area contributed by atoms with Gasteiger partial charge in [0.05, 0.1) is 17.1 Å². The fourth-order valence-electron chi connectivity index (χ4n) is 6.81. The van der Waals surface area contributed by atoms with Crippen LogP contribution in [0.15, 0.2) is 47.4 Å². The van der Waals surface area contributed by atoms with Crippen LogP contribution in [0.2, 0.25) is 0 Å². The molecule has 6 heteroatoms. The van der Waals surface area contributed by atoms with Gasteiger partial charge in [-0.1, -0.05) is 12.1 Å². The summed E-state index contributed by atoms with van der Waals surface area (Å²) in [6.45, 7) is 0. The molecular weight excluding hydrogens is 418 g/mol. The van der Waals surface area contributed by atoms with Gasteiger partial charge in [0.1, 0.15) is 0 Å². The van der Waals surface area contributed by atoms with Crippen molar-refractivity contribution in [3.8, 4) is 0 Å². The number of para-hydroxylation sites is 2. The molecule has 0 radical (unpaired) electrons. The van der Waals surface area contributed by atoms with Crippen LogP contribution in [-0.4, -0.2) is 23.1 Å². The van der Waals surface area contributed by atoms with Crippen molar-refractivity contribution in [2.24, 2.45) is 17.8 Å². The number of carbonyl (C=O) groups excluding carboxylic acids is 2. The lowest BCUT2D eigenvalue weighted by Gasteiger charge is -2.57. The molecule has 4 fully saturated rings. The lowest BCUT2D eigenvalue weighted by Crippen LogP contribution is -2.54. The summed E-state index contributed by atoms with van der Waals surface area (Å²) in [7, 11) is 0. The number of thioether (sulfide) groups is 1. The third-order valence-electron chi connectivity index (χ3n) is 7.72. The maximum atomic E-state index is 13.1. The van der Waals surface area contributed by atoms with E-state index >= 15 is 0 Å². The van der Waals surface area contributed by atoms with E-state index < -0.39 is 0 Å². The number of carbonyl (C=O) groups is 2. The highest BCUT2D eigenvalue weighted by Gasteiger charge is 2.51. The van der Waals surface area contributed by atoms with Crippen molar-refractivity contribution in [2.45, 2.75) is 55.4 Å². The van der Waals surface area contributed by atoms with E-state index in [2.05, 4.69) is 22.0 Å². The Kier molecular flexibility index (Phi) is 4.94. The van der Waals surface area contributed by atoms with Gasteiger partial charge in [0.25, 0.3) is 5.91 Å². The quantitative estimate of drug-likeness (QED) is 0.558. The van der Waals surface area contributed by atoms with Crippen molar-refractivity contribution < 1.29 is 9.59 Å². The first kappa shape index (κ1) is 20.2. The van der Waals surface area contributed by atoms with Crippen molar-refractivity contribution in [3.63, 3.8) is 0 Å². The average Bonchev–Trinajstić information content (AvgIpc) is 2.93. The van der Waals surface area contributed by atoms with E-state index in [0.29, 0.717) is 12.0 Å². The van der Waals surface area contributed by atoms with Gasteiger partial charge in [0, 0.05) is 28.2 Å².